The van der Waals surface area contributed by atoms with Gasteiger partial charge in [0.25, 0.3) is 0 Å². The molecule has 2 heterocycles. The quantitative estimate of drug-likeness (QED) is 0.734. The molecule has 2 rings (SSSR count). The van der Waals surface area contributed by atoms with Crippen LogP contribution in [0.15, 0.2) is 0 Å². The maximum absolute atomic E-state index is 12.3. The van der Waals surface area contributed by atoms with Crippen LogP contribution in [0.4, 0.5) is 0 Å². The van der Waals surface area contributed by atoms with Gasteiger partial charge in [0, 0.05) is 18.5 Å². The van der Waals surface area contributed by atoms with Crippen LogP contribution in [-0.4, -0.2) is 54.8 Å². The Bertz CT molecular complexity index is 421. The topological polar surface area (TPSA) is 83.9 Å². The Morgan fingerprint density at radius 3 is 2.42 bits per heavy atom. The number of sulfonamides is 1. The molecule has 0 aromatic carbocycles. The fraction of sp³-hybridized carbons (Fsp3) is 0.917. The Balaban J connectivity index is 1.95. The number of esters is 1. The van der Waals surface area contributed by atoms with Crippen molar-refractivity contribution in [2.75, 3.05) is 12.9 Å². The van der Waals surface area contributed by atoms with Crippen LogP contribution in [0.3, 0.4) is 0 Å². The Hall–Kier alpha value is -0.660. The van der Waals surface area contributed by atoms with Crippen molar-refractivity contribution in [3.63, 3.8) is 0 Å². The SMILES string of the molecule is COC(=O)CCCS(=O)(=O)N1C2CCC1CC(O)C2. The summed E-state index contributed by atoms with van der Waals surface area (Å²) in [5.41, 5.74) is 0. The third-order valence-electron chi connectivity index (χ3n) is 3.97. The second-order valence-electron chi connectivity index (χ2n) is 5.34. The van der Waals surface area contributed by atoms with Crippen molar-refractivity contribution < 1.29 is 23.1 Å². The maximum atomic E-state index is 12.3. The number of methoxy groups -OCH3 is 1. The van der Waals surface area contributed by atoms with E-state index in [0.717, 1.165) is 12.8 Å². The standard InChI is InChI=1S/C12H21NO5S/c1-18-12(15)3-2-6-19(16,17)13-9-4-5-10(13)8-11(14)7-9/h9-11,14H,2-8H2,1H3. The molecule has 0 aliphatic carbocycles. The molecule has 0 aromatic heterocycles. The molecule has 110 valence electrons. The van der Waals surface area contributed by atoms with Gasteiger partial charge in [-0.15, -0.1) is 0 Å². The van der Waals surface area contributed by atoms with E-state index in [4.69, 9.17) is 0 Å². The minimum Gasteiger partial charge on any atom is -0.469 e. The largest absolute Gasteiger partial charge is 0.469 e. The van der Waals surface area contributed by atoms with Crippen molar-refractivity contribution in [2.45, 2.75) is 56.7 Å². The minimum absolute atomic E-state index is 0.0226. The van der Waals surface area contributed by atoms with Crippen LogP contribution in [0.2, 0.25) is 0 Å². The number of rotatable bonds is 5. The number of aliphatic hydroxyl groups excluding tert-OH is 1. The van der Waals surface area contributed by atoms with E-state index in [2.05, 4.69) is 4.74 Å². The lowest BCUT2D eigenvalue weighted by molar-refractivity contribution is -0.140. The molecule has 6 nitrogen and oxygen atoms in total. The summed E-state index contributed by atoms with van der Waals surface area (Å²) < 4.78 is 30.7. The zero-order valence-electron chi connectivity index (χ0n) is 11.1. The molecule has 7 heteroatoms. The average Bonchev–Trinajstić information content (AvgIpc) is 2.63. The Kier molecular flexibility index (Phi) is 4.47. The summed E-state index contributed by atoms with van der Waals surface area (Å²) in [4.78, 5) is 11.0. The predicted molar refractivity (Wildman–Crippen MR) is 68.9 cm³/mol. The maximum Gasteiger partial charge on any atom is 0.305 e. The number of nitrogens with zero attached hydrogens (tertiary/aromatic N) is 1. The number of carbonyl (C=O) groups excluding carboxylic acids is 1. The number of hydrogen-bond acceptors (Lipinski definition) is 5. The molecule has 2 aliphatic heterocycles. The molecule has 0 amide bonds. The van der Waals surface area contributed by atoms with Gasteiger partial charge in [0.2, 0.25) is 10.0 Å². The molecule has 2 aliphatic rings. The van der Waals surface area contributed by atoms with Gasteiger partial charge in [-0.1, -0.05) is 0 Å². The van der Waals surface area contributed by atoms with Gasteiger partial charge in [-0.25, -0.2) is 8.42 Å². The van der Waals surface area contributed by atoms with Gasteiger partial charge in [-0.05, 0) is 32.1 Å². The number of hydrogen-bond donors (Lipinski definition) is 1. The van der Waals surface area contributed by atoms with Crippen LogP contribution in [0, 0.1) is 0 Å². The van der Waals surface area contributed by atoms with Gasteiger partial charge in [0.15, 0.2) is 0 Å². The van der Waals surface area contributed by atoms with Crippen molar-refractivity contribution in [1.82, 2.24) is 4.31 Å². The summed E-state index contributed by atoms with van der Waals surface area (Å²) in [6, 6.07) is -0.117. The first-order valence-electron chi connectivity index (χ1n) is 6.70. The predicted octanol–water partition coefficient (Wildman–Crippen LogP) is 0.257. The van der Waals surface area contributed by atoms with Crippen molar-refractivity contribution in [1.29, 1.82) is 0 Å². The second-order valence-corrected chi connectivity index (χ2v) is 7.33. The van der Waals surface area contributed by atoms with Crippen molar-refractivity contribution in [2.24, 2.45) is 0 Å². The summed E-state index contributed by atoms with van der Waals surface area (Å²) in [5.74, 6) is -0.405. The fourth-order valence-corrected chi connectivity index (χ4v) is 5.18. The molecule has 1 N–H and O–H groups in total. The molecule has 2 fully saturated rings. The normalized spacial score (nSPS) is 31.4. The third kappa shape index (κ3) is 3.27. The number of fused-ring (bicyclic) bond motifs is 2. The highest BCUT2D eigenvalue weighted by molar-refractivity contribution is 7.89. The minimum atomic E-state index is -3.33. The van der Waals surface area contributed by atoms with E-state index in [1.54, 1.807) is 4.31 Å². The smallest absolute Gasteiger partial charge is 0.305 e. The molecule has 0 saturated carbocycles. The van der Waals surface area contributed by atoms with Gasteiger partial charge in [-0.3, -0.25) is 4.79 Å². The van der Waals surface area contributed by atoms with Crippen molar-refractivity contribution in [3.05, 3.63) is 0 Å². The lowest BCUT2D eigenvalue weighted by atomic mass is 10.0. The molecule has 2 atom stereocenters. The molecule has 2 saturated heterocycles. The van der Waals surface area contributed by atoms with E-state index in [1.165, 1.54) is 7.11 Å². The highest BCUT2D eigenvalue weighted by Crippen LogP contribution is 2.38. The molecular weight excluding hydrogens is 270 g/mol. The summed E-state index contributed by atoms with van der Waals surface area (Å²) >= 11 is 0. The zero-order valence-corrected chi connectivity index (χ0v) is 11.9. The van der Waals surface area contributed by atoms with E-state index in [1.807, 2.05) is 0 Å². The molecule has 0 radical (unpaired) electrons. The summed E-state index contributed by atoms with van der Waals surface area (Å²) in [6.07, 6.45) is 2.77. The number of aliphatic hydroxyl groups is 1. The van der Waals surface area contributed by atoms with Crippen LogP contribution in [0.25, 0.3) is 0 Å². The van der Waals surface area contributed by atoms with E-state index >= 15 is 0 Å². The lowest BCUT2D eigenvalue weighted by Crippen LogP contribution is -2.48. The Morgan fingerprint density at radius 2 is 1.89 bits per heavy atom. The van der Waals surface area contributed by atoms with Gasteiger partial charge >= 0.3 is 5.97 Å². The van der Waals surface area contributed by atoms with E-state index in [9.17, 15) is 18.3 Å². The average molecular weight is 291 g/mol. The van der Waals surface area contributed by atoms with Gasteiger partial charge < -0.3 is 9.84 Å². The van der Waals surface area contributed by atoms with Crippen LogP contribution < -0.4 is 0 Å². The van der Waals surface area contributed by atoms with Crippen molar-refractivity contribution >= 4 is 16.0 Å². The first kappa shape index (κ1) is 14.7. The molecular formula is C12H21NO5S. The Labute approximate surface area is 113 Å². The summed E-state index contributed by atoms with van der Waals surface area (Å²) in [7, 11) is -2.04. The molecule has 0 spiro atoms. The van der Waals surface area contributed by atoms with E-state index < -0.39 is 10.0 Å². The first-order chi connectivity index (χ1) is 8.94. The number of ether oxygens (including phenoxy) is 1. The summed E-state index contributed by atoms with van der Waals surface area (Å²) in [6.45, 7) is 0. The van der Waals surface area contributed by atoms with Gasteiger partial charge in [0.05, 0.1) is 19.0 Å². The molecule has 2 unspecified atom stereocenters. The fourth-order valence-electron chi connectivity index (χ4n) is 3.17. The van der Waals surface area contributed by atoms with Crippen LogP contribution >= 0.6 is 0 Å². The van der Waals surface area contributed by atoms with Gasteiger partial charge in [-0.2, -0.15) is 4.31 Å². The first-order valence-corrected chi connectivity index (χ1v) is 8.31. The van der Waals surface area contributed by atoms with Crippen LogP contribution in [0.5, 0.6) is 0 Å². The monoisotopic (exact) mass is 291 g/mol. The van der Waals surface area contributed by atoms with Crippen molar-refractivity contribution in [3.8, 4) is 0 Å². The van der Waals surface area contributed by atoms with E-state index in [-0.39, 0.29) is 42.8 Å². The highest BCUT2D eigenvalue weighted by atomic mass is 32.2. The summed E-state index contributed by atoms with van der Waals surface area (Å²) in [5, 5.41) is 9.67. The number of piperidine rings is 1. The molecule has 0 aromatic rings. The van der Waals surface area contributed by atoms with Crippen LogP contribution in [0.1, 0.15) is 38.5 Å². The Morgan fingerprint density at radius 1 is 1.32 bits per heavy atom. The number of carbonyl (C=O) groups is 1. The van der Waals surface area contributed by atoms with E-state index in [0.29, 0.717) is 12.8 Å². The van der Waals surface area contributed by atoms with Gasteiger partial charge in [0.1, 0.15) is 0 Å². The third-order valence-corrected chi connectivity index (χ3v) is 6.02. The molecule has 2 bridgehead atoms. The zero-order chi connectivity index (χ0) is 14.0. The highest BCUT2D eigenvalue weighted by Gasteiger charge is 2.45. The van der Waals surface area contributed by atoms with Crippen LogP contribution in [-0.2, 0) is 19.6 Å². The molecule has 19 heavy (non-hydrogen) atoms. The lowest BCUT2D eigenvalue weighted by Gasteiger charge is -2.36. The second kappa shape index (κ2) is 5.76.